The molecule has 9 heteroatoms. The number of carbonyl (C=O) groups excluding carboxylic acids is 1. The molecule has 0 amide bonds. The summed E-state index contributed by atoms with van der Waals surface area (Å²) in [5.41, 5.74) is 2.56. The highest BCUT2D eigenvalue weighted by atomic mass is 35.5. The van der Waals surface area contributed by atoms with Gasteiger partial charge in [0.05, 0.1) is 17.1 Å². The molecule has 0 aliphatic carbocycles. The van der Waals surface area contributed by atoms with Gasteiger partial charge in [-0.3, -0.25) is 9.52 Å². The summed E-state index contributed by atoms with van der Waals surface area (Å²) in [6.45, 7) is 3.29. The Hall–Kier alpha value is -2.97. The van der Waals surface area contributed by atoms with Gasteiger partial charge in [0.15, 0.2) is 5.78 Å². The molecular formula is C21H19ClFN3O3S. The lowest BCUT2D eigenvalue weighted by Crippen LogP contribution is -2.14. The van der Waals surface area contributed by atoms with Gasteiger partial charge in [0.1, 0.15) is 11.0 Å². The zero-order valence-corrected chi connectivity index (χ0v) is 17.8. The molecule has 0 unspecified atom stereocenters. The van der Waals surface area contributed by atoms with Crippen LogP contribution in [0.2, 0.25) is 5.15 Å². The number of anilines is 1. The predicted molar refractivity (Wildman–Crippen MR) is 116 cm³/mol. The van der Waals surface area contributed by atoms with Gasteiger partial charge < -0.3 is 0 Å². The predicted octanol–water partition coefficient (Wildman–Crippen LogP) is 4.63. The first kappa shape index (κ1) is 21.7. The van der Waals surface area contributed by atoms with Gasteiger partial charge in [0.25, 0.3) is 0 Å². The van der Waals surface area contributed by atoms with Gasteiger partial charge in [0, 0.05) is 16.8 Å². The Morgan fingerprint density at radius 1 is 1.17 bits per heavy atom. The molecular weight excluding hydrogens is 429 g/mol. The summed E-state index contributed by atoms with van der Waals surface area (Å²) in [7, 11) is -3.38. The molecule has 0 aliphatic rings. The highest BCUT2D eigenvalue weighted by Gasteiger charge is 2.13. The number of sulfonamides is 1. The van der Waals surface area contributed by atoms with Crippen molar-refractivity contribution in [3.05, 3.63) is 82.4 Å². The lowest BCUT2D eigenvalue weighted by Gasteiger charge is -2.06. The third-order valence-electron chi connectivity index (χ3n) is 4.34. The minimum absolute atomic E-state index is 0.0395. The van der Waals surface area contributed by atoms with Crippen molar-refractivity contribution in [2.75, 3.05) is 10.5 Å². The molecule has 156 valence electrons. The van der Waals surface area contributed by atoms with Crippen LogP contribution in [0, 0.1) is 12.7 Å². The molecule has 2 aromatic carbocycles. The highest BCUT2D eigenvalue weighted by molar-refractivity contribution is 7.92. The van der Waals surface area contributed by atoms with E-state index in [-0.39, 0.29) is 17.4 Å². The average Bonchev–Trinajstić information content (AvgIpc) is 3.00. The second-order valence-electron chi connectivity index (χ2n) is 6.46. The summed E-state index contributed by atoms with van der Waals surface area (Å²) in [6, 6.07) is 11.9. The molecule has 0 bridgehead atoms. The van der Waals surface area contributed by atoms with E-state index in [1.165, 1.54) is 54.1 Å². The second-order valence-corrected chi connectivity index (χ2v) is 8.83. The van der Waals surface area contributed by atoms with Crippen LogP contribution in [0.5, 0.6) is 0 Å². The molecule has 0 fully saturated rings. The summed E-state index contributed by atoms with van der Waals surface area (Å²) >= 11 is 6.41. The molecule has 0 radical (unpaired) electrons. The van der Waals surface area contributed by atoms with Crippen molar-refractivity contribution in [2.45, 2.75) is 13.8 Å². The SMILES string of the molecule is CCS(=O)(=O)Nc1ccc(C(=O)C=Cc2c(C)nn(-c3ccc(F)cc3)c2Cl)cc1. The zero-order chi connectivity index (χ0) is 21.9. The van der Waals surface area contributed by atoms with Crippen LogP contribution in [0.25, 0.3) is 11.8 Å². The number of carbonyl (C=O) groups is 1. The van der Waals surface area contributed by atoms with E-state index < -0.39 is 10.0 Å². The fraction of sp³-hybridized carbons (Fsp3) is 0.143. The van der Waals surface area contributed by atoms with Gasteiger partial charge in [-0.25, -0.2) is 17.5 Å². The maximum atomic E-state index is 13.1. The van der Waals surface area contributed by atoms with E-state index >= 15 is 0 Å². The van der Waals surface area contributed by atoms with Gasteiger partial charge in [-0.15, -0.1) is 0 Å². The highest BCUT2D eigenvalue weighted by Crippen LogP contribution is 2.25. The van der Waals surface area contributed by atoms with Crippen LogP contribution in [0.15, 0.2) is 54.6 Å². The van der Waals surface area contributed by atoms with Gasteiger partial charge in [-0.1, -0.05) is 11.6 Å². The Labute approximate surface area is 179 Å². The minimum atomic E-state index is -3.38. The third-order valence-corrected chi connectivity index (χ3v) is 6.01. The molecule has 30 heavy (non-hydrogen) atoms. The smallest absolute Gasteiger partial charge is 0.232 e. The summed E-state index contributed by atoms with van der Waals surface area (Å²) in [5, 5.41) is 4.65. The van der Waals surface area contributed by atoms with Crippen LogP contribution in [-0.2, 0) is 10.0 Å². The van der Waals surface area contributed by atoms with E-state index in [1.807, 2.05) is 0 Å². The molecule has 0 saturated carbocycles. The fourth-order valence-electron chi connectivity index (χ4n) is 2.66. The number of allylic oxidation sites excluding steroid dienone is 1. The molecule has 3 aromatic rings. The fourth-order valence-corrected chi connectivity index (χ4v) is 3.64. The van der Waals surface area contributed by atoms with E-state index in [0.717, 1.165) is 0 Å². The summed E-state index contributed by atoms with van der Waals surface area (Å²) < 4.78 is 40.2. The van der Waals surface area contributed by atoms with E-state index in [0.29, 0.717) is 33.3 Å². The van der Waals surface area contributed by atoms with Crippen molar-refractivity contribution in [2.24, 2.45) is 0 Å². The van der Waals surface area contributed by atoms with Crippen molar-refractivity contribution in [3.63, 3.8) is 0 Å². The normalized spacial score (nSPS) is 11.7. The van der Waals surface area contributed by atoms with Crippen molar-refractivity contribution >= 4 is 39.2 Å². The molecule has 1 aromatic heterocycles. The lowest BCUT2D eigenvalue weighted by atomic mass is 10.1. The first-order valence-corrected chi connectivity index (χ1v) is 11.1. The van der Waals surface area contributed by atoms with E-state index in [9.17, 15) is 17.6 Å². The quantitative estimate of drug-likeness (QED) is 0.423. The summed E-state index contributed by atoms with van der Waals surface area (Å²) in [6.07, 6.45) is 2.94. The first-order chi connectivity index (χ1) is 14.2. The Morgan fingerprint density at radius 3 is 2.40 bits per heavy atom. The monoisotopic (exact) mass is 447 g/mol. The van der Waals surface area contributed by atoms with Crippen LogP contribution in [0.1, 0.15) is 28.5 Å². The first-order valence-electron chi connectivity index (χ1n) is 9.04. The van der Waals surface area contributed by atoms with Crippen molar-refractivity contribution < 1.29 is 17.6 Å². The van der Waals surface area contributed by atoms with Crippen LogP contribution in [0.4, 0.5) is 10.1 Å². The molecule has 0 atom stereocenters. The maximum Gasteiger partial charge on any atom is 0.232 e. The standard InChI is InChI=1S/C21H19ClFN3O3S/c1-3-30(28,29)25-17-8-4-15(5-9-17)20(27)13-12-19-14(2)24-26(21(19)22)18-10-6-16(23)7-11-18/h4-13,25H,3H2,1-2H3. The van der Waals surface area contributed by atoms with Crippen LogP contribution >= 0.6 is 11.6 Å². The maximum absolute atomic E-state index is 13.1. The topological polar surface area (TPSA) is 81.1 Å². The molecule has 0 spiro atoms. The number of benzene rings is 2. The molecule has 0 saturated heterocycles. The number of hydrogen-bond acceptors (Lipinski definition) is 4. The number of nitrogens with one attached hydrogen (secondary N) is 1. The summed E-state index contributed by atoms with van der Waals surface area (Å²) in [4.78, 5) is 12.5. The number of nitrogens with zero attached hydrogens (tertiary/aromatic N) is 2. The third kappa shape index (κ3) is 4.95. The number of ketones is 1. The molecule has 0 aliphatic heterocycles. The number of rotatable bonds is 7. The average molecular weight is 448 g/mol. The Morgan fingerprint density at radius 2 is 1.80 bits per heavy atom. The van der Waals surface area contributed by atoms with Gasteiger partial charge in [-0.2, -0.15) is 5.10 Å². The van der Waals surface area contributed by atoms with Crippen LogP contribution in [-0.4, -0.2) is 29.7 Å². The van der Waals surface area contributed by atoms with E-state index in [2.05, 4.69) is 9.82 Å². The van der Waals surface area contributed by atoms with Gasteiger partial charge in [0.2, 0.25) is 10.0 Å². The second kappa shape index (κ2) is 8.81. The van der Waals surface area contributed by atoms with Crippen molar-refractivity contribution in [1.82, 2.24) is 9.78 Å². The van der Waals surface area contributed by atoms with E-state index in [4.69, 9.17) is 11.6 Å². The Bertz CT molecular complexity index is 1200. The molecule has 1 heterocycles. The largest absolute Gasteiger partial charge is 0.289 e. The molecule has 6 nitrogen and oxygen atoms in total. The number of halogens is 2. The molecule has 3 rings (SSSR count). The van der Waals surface area contributed by atoms with Gasteiger partial charge in [-0.05, 0) is 74.5 Å². The lowest BCUT2D eigenvalue weighted by molar-refractivity contribution is 0.104. The number of aromatic nitrogens is 2. The van der Waals surface area contributed by atoms with Gasteiger partial charge >= 0.3 is 0 Å². The number of aryl methyl sites for hydroxylation is 1. The van der Waals surface area contributed by atoms with Crippen molar-refractivity contribution in [3.8, 4) is 5.69 Å². The Balaban J connectivity index is 1.79. The number of hydrogen-bond donors (Lipinski definition) is 1. The Kier molecular flexibility index (Phi) is 6.38. The summed E-state index contributed by atoms with van der Waals surface area (Å²) in [5.74, 6) is -0.676. The van der Waals surface area contributed by atoms with Crippen molar-refractivity contribution in [1.29, 1.82) is 0 Å². The van der Waals surface area contributed by atoms with Crippen LogP contribution < -0.4 is 4.72 Å². The van der Waals surface area contributed by atoms with Crippen LogP contribution in [0.3, 0.4) is 0 Å². The zero-order valence-electron chi connectivity index (χ0n) is 16.3. The van der Waals surface area contributed by atoms with E-state index in [1.54, 1.807) is 25.1 Å². The minimum Gasteiger partial charge on any atom is -0.289 e. The molecule has 1 N–H and O–H groups in total.